The van der Waals surface area contributed by atoms with Crippen LogP contribution in [0.15, 0.2) is 47.4 Å². The summed E-state index contributed by atoms with van der Waals surface area (Å²) >= 11 is 0. The van der Waals surface area contributed by atoms with E-state index in [0.717, 1.165) is 22.0 Å². The van der Waals surface area contributed by atoms with Crippen molar-refractivity contribution in [1.29, 1.82) is 0 Å². The van der Waals surface area contributed by atoms with Gasteiger partial charge in [-0.2, -0.15) is 4.31 Å². The Labute approximate surface area is 161 Å². The lowest BCUT2D eigenvalue weighted by Gasteiger charge is -2.18. The average molecular weight is 416 g/mol. The van der Waals surface area contributed by atoms with Crippen LogP contribution in [0.25, 0.3) is 0 Å². The number of hydrogen-bond acceptors (Lipinski definition) is 4. The number of carbonyl (C=O) groups is 1. The SMILES string of the molecule is Cc1ccc(S(=O)(=O)N(C)CC(=O)Nc2ccc(OC(F)(F)F)cc2)c(C)c1. The first-order valence-corrected chi connectivity index (χ1v) is 9.52. The molecule has 1 amide bonds. The highest BCUT2D eigenvalue weighted by molar-refractivity contribution is 7.89. The fourth-order valence-electron chi connectivity index (χ4n) is 2.48. The van der Waals surface area contributed by atoms with Crippen LogP contribution in [0.4, 0.5) is 18.9 Å². The number of likely N-dealkylation sites (N-methyl/N-ethyl adjacent to an activating group) is 1. The second kappa shape index (κ2) is 8.19. The Hall–Kier alpha value is -2.59. The predicted molar refractivity (Wildman–Crippen MR) is 97.5 cm³/mol. The van der Waals surface area contributed by atoms with Crippen molar-refractivity contribution in [1.82, 2.24) is 4.31 Å². The molecule has 2 aromatic carbocycles. The van der Waals surface area contributed by atoms with Gasteiger partial charge in [-0.25, -0.2) is 8.42 Å². The van der Waals surface area contributed by atoms with E-state index in [1.54, 1.807) is 19.1 Å². The van der Waals surface area contributed by atoms with E-state index in [0.29, 0.717) is 5.56 Å². The van der Waals surface area contributed by atoms with Crippen LogP contribution in [0.1, 0.15) is 11.1 Å². The smallest absolute Gasteiger partial charge is 0.406 e. The largest absolute Gasteiger partial charge is 0.573 e. The molecule has 152 valence electrons. The minimum absolute atomic E-state index is 0.0991. The van der Waals surface area contributed by atoms with E-state index in [-0.39, 0.29) is 10.6 Å². The molecule has 0 atom stereocenters. The summed E-state index contributed by atoms with van der Waals surface area (Å²) in [4.78, 5) is 12.2. The Morgan fingerprint density at radius 3 is 2.25 bits per heavy atom. The van der Waals surface area contributed by atoms with Gasteiger partial charge < -0.3 is 10.1 Å². The van der Waals surface area contributed by atoms with Gasteiger partial charge in [-0.05, 0) is 49.7 Å². The van der Waals surface area contributed by atoms with Gasteiger partial charge in [-0.3, -0.25) is 4.79 Å². The Bertz CT molecular complexity index is 958. The van der Waals surface area contributed by atoms with E-state index in [4.69, 9.17) is 0 Å². The van der Waals surface area contributed by atoms with Gasteiger partial charge >= 0.3 is 6.36 Å². The Morgan fingerprint density at radius 1 is 1.11 bits per heavy atom. The Morgan fingerprint density at radius 2 is 1.71 bits per heavy atom. The normalized spacial score (nSPS) is 12.1. The molecule has 6 nitrogen and oxygen atoms in total. The molecule has 1 N–H and O–H groups in total. The van der Waals surface area contributed by atoms with E-state index in [9.17, 15) is 26.4 Å². The second-order valence-electron chi connectivity index (χ2n) is 6.15. The number of rotatable bonds is 6. The highest BCUT2D eigenvalue weighted by Crippen LogP contribution is 2.24. The number of ether oxygens (including phenoxy) is 1. The number of benzene rings is 2. The number of carbonyl (C=O) groups excluding carboxylic acids is 1. The number of hydrogen-bond donors (Lipinski definition) is 1. The summed E-state index contributed by atoms with van der Waals surface area (Å²) in [6, 6.07) is 9.39. The molecule has 2 aromatic rings. The highest BCUT2D eigenvalue weighted by atomic mass is 32.2. The molecule has 28 heavy (non-hydrogen) atoms. The van der Waals surface area contributed by atoms with Crippen LogP contribution >= 0.6 is 0 Å². The number of halogens is 3. The molecule has 0 saturated carbocycles. The zero-order valence-electron chi connectivity index (χ0n) is 15.4. The number of alkyl halides is 3. The van der Waals surface area contributed by atoms with Gasteiger partial charge in [0.1, 0.15) is 5.75 Å². The number of anilines is 1. The van der Waals surface area contributed by atoms with Gasteiger partial charge in [0.25, 0.3) is 0 Å². The number of sulfonamides is 1. The zero-order chi connectivity index (χ0) is 21.1. The molecule has 0 heterocycles. The lowest BCUT2D eigenvalue weighted by atomic mass is 10.2. The third kappa shape index (κ3) is 5.70. The lowest BCUT2D eigenvalue weighted by molar-refractivity contribution is -0.274. The van der Waals surface area contributed by atoms with Crippen LogP contribution in [0.3, 0.4) is 0 Å². The maximum atomic E-state index is 12.7. The molecule has 0 fully saturated rings. The molecular weight excluding hydrogens is 397 g/mol. The molecule has 0 aromatic heterocycles. The molecule has 0 aliphatic rings. The van der Waals surface area contributed by atoms with Crippen molar-refractivity contribution in [2.45, 2.75) is 25.1 Å². The molecule has 0 saturated heterocycles. The van der Waals surface area contributed by atoms with Crippen molar-refractivity contribution in [2.24, 2.45) is 0 Å². The van der Waals surface area contributed by atoms with Gasteiger partial charge in [0.15, 0.2) is 0 Å². The topological polar surface area (TPSA) is 75.7 Å². The molecule has 2 rings (SSSR count). The number of nitrogens with one attached hydrogen (secondary N) is 1. The minimum Gasteiger partial charge on any atom is -0.406 e. The van der Waals surface area contributed by atoms with Crippen molar-refractivity contribution in [2.75, 3.05) is 18.9 Å². The van der Waals surface area contributed by atoms with Gasteiger partial charge in [0, 0.05) is 12.7 Å². The summed E-state index contributed by atoms with van der Waals surface area (Å²) in [7, 11) is -2.60. The number of nitrogens with zero attached hydrogens (tertiary/aromatic N) is 1. The van der Waals surface area contributed by atoms with Crippen LogP contribution in [-0.4, -0.2) is 38.6 Å². The molecule has 0 bridgehead atoms. The van der Waals surface area contributed by atoms with E-state index in [1.807, 2.05) is 6.92 Å². The van der Waals surface area contributed by atoms with E-state index < -0.39 is 34.6 Å². The van der Waals surface area contributed by atoms with E-state index >= 15 is 0 Å². The maximum absolute atomic E-state index is 12.7. The summed E-state index contributed by atoms with van der Waals surface area (Å²) in [5.41, 5.74) is 1.68. The molecular formula is C18H19F3N2O4S. The number of aryl methyl sites for hydroxylation is 2. The van der Waals surface area contributed by atoms with Gasteiger partial charge in [-0.1, -0.05) is 17.7 Å². The first-order valence-electron chi connectivity index (χ1n) is 8.08. The second-order valence-corrected chi connectivity index (χ2v) is 8.16. The zero-order valence-corrected chi connectivity index (χ0v) is 16.2. The molecule has 0 aliphatic heterocycles. The third-order valence-electron chi connectivity index (χ3n) is 3.76. The molecule has 0 unspecified atom stereocenters. The molecule has 0 spiro atoms. The number of amides is 1. The Kier molecular flexibility index (Phi) is 6.35. The van der Waals surface area contributed by atoms with E-state index in [1.165, 1.54) is 25.2 Å². The minimum atomic E-state index is -4.81. The van der Waals surface area contributed by atoms with Crippen LogP contribution in [0.2, 0.25) is 0 Å². The van der Waals surface area contributed by atoms with E-state index in [2.05, 4.69) is 10.1 Å². The summed E-state index contributed by atoms with van der Waals surface area (Å²) in [5, 5.41) is 2.43. The van der Waals surface area contributed by atoms with Crippen molar-refractivity contribution in [3.05, 3.63) is 53.6 Å². The van der Waals surface area contributed by atoms with Gasteiger partial charge in [0.2, 0.25) is 15.9 Å². The summed E-state index contributed by atoms with van der Waals surface area (Å²) in [6.07, 6.45) is -4.81. The van der Waals surface area contributed by atoms with Crippen LogP contribution in [-0.2, 0) is 14.8 Å². The fourth-order valence-corrected chi connectivity index (χ4v) is 3.81. The first-order chi connectivity index (χ1) is 12.9. The van der Waals surface area contributed by atoms with Gasteiger partial charge in [-0.15, -0.1) is 13.2 Å². The molecule has 0 radical (unpaired) electrons. The van der Waals surface area contributed by atoms with Crippen LogP contribution in [0, 0.1) is 13.8 Å². The third-order valence-corrected chi connectivity index (χ3v) is 5.72. The summed E-state index contributed by atoms with van der Waals surface area (Å²) in [6.45, 7) is 3.04. The van der Waals surface area contributed by atoms with Crippen molar-refractivity contribution in [3.63, 3.8) is 0 Å². The monoisotopic (exact) mass is 416 g/mol. The predicted octanol–water partition coefficient (Wildman–Crippen LogP) is 3.46. The molecule has 0 aliphatic carbocycles. The fraction of sp³-hybridized carbons (Fsp3) is 0.278. The standard InChI is InChI=1S/C18H19F3N2O4S/c1-12-4-9-16(13(2)10-12)28(25,26)23(3)11-17(24)22-14-5-7-15(8-6-14)27-18(19,20)21/h4-10H,11H2,1-3H3,(H,22,24). The van der Waals surface area contributed by atoms with Crippen molar-refractivity contribution >= 4 is 21.6 Å². The average Bonchev–Trinajstić information content (AvgIpc) is 2.54. The maximum Gasteiger partial charge on any atom is 0.573 e. The summed E-state index contributed by atoms with van der Waals surface area (Å²) in [5.74, 6) is -1.07. The quantitative estimate of drug-likeness (QED) is 0.783. The summed E-state index contributed by atoms with van der Waals surface area (Å²) < 4.78 is 66.4. The van der Waals surface area contributed by atoms with Crippen molar-refractivity contribution < 1.29 is 31.1 Å². The first kappa shape index (κ1) is 21.7. The van der Waals surface area contributed by atoms with Crippen LogP contribution in [0.5, 0.6) is 5.75 Å². The highest BCUT2D eigenvalue weighted by Gasteiger charge is 2.31. The van der Waals surface area contributed by atoms with Gasteiger partial charge in [0.05, 0.1) is 11.4 Å². The molecule has 10 heteroatoms. The van der Waals surface area contributed by atoms with Crippen LogP contribution < -0.4 is 10.1 Å². The Balaban J connectivity index is 2.04. The van der Waals surface area contributed by atoms with Crippen molar-refractivity contribution in [3.8, 4) is 5.75 Å². The lowest BCUT2D eigenvalue weighted by Crippen LogP contribution is -2.35.